The van der Waals surface area contributed by atoms with Gasteiger partial charge < -0.3 is 15.4 Å². The monoisotopic (exact) mass is 291 g/mol. The number of amides is 1. The number of piperazine rings is 1. The van der Waals surface area contributed by atoms with Crippen molar-refractivity contribution in [2.75, 3.05) is 39.0 Å². The fourth-order valence-corrected chi connectivity index (χ4v) is 2.66. The summed E-state index contributed by atoms with van der Waals surface area (Å²) >= 11 is 0. The van der Waals surface area contributed by atoms with Gasteiger partial charge in [-0.2, -0.15) is 0 Å². The molecule has 2 N–H and O–H groups in total. The van der Waals surface area contributed by atoms with E-state index in [2.05, 4.69) is 25.7 Å². The van der Waals surface area contributed by atoms with E-state index in [0.29, 0.717) is 17.0 Å². The lowest BCUT2D eigenvalue weighted by Gasteiger charge is -2.42. The molecule has 5 nitrogen and oxygen atoms in total. The molecule has 1 aromatic carbocycles. The summed E-state index contributed by atoms with van der Waals surface area (Å²) in [6, 6.07) is 5.33. The number of carbonyl (C=O) groups excluding carboxylic acids is 1. The molecule has 1 heterocycles. The summed E-state index contributed by atoms with van der Waals surface area (Å²) in [5, 5.41) is 0. The summed E-state index contributed by atoms with van der Waals surface area (Å²) in [5.74, 6) is 0.536. The lowest BCUT2D eigenvalue weighted by atomic mass is 10.0. The van der Waals surface area contributed by atoms with Crippen molar-refractivity contribution >= 4 is 11.6 Å². The molecule has 1 aromatic rings. The van der Waals surface area contributed by atoms with Crippen LogP contribution in [0.1, 0.15) is 31.1 Å². The van der Waals surface area contributed by atoms with E-state index in [-0.39, 0.29) is 11.4 Å². The molecule has 1 saturated heterocycles. The molecule has 1 amide bonds. The van der Waals surface area contributed by atoms with Crippen molar-refractivity contribution in [3.8, 4) is 5.75 Å². The van der Waals surface area contributed by atoms with Gasteiger partial charge in [0.05, 0.1) is 18.4 Å². The first-order valence-electron chi connectivity index (χ1n) is 7.31. The molecule has 0 atom stereocenters. The van der Waals surface area contributed by atoms with E-state index < -0.39 is 0 Å². The highest BCUT2D eigenvalue weighted by Crippen LogP contribution is 2.26. The maximum Gasteiger partial charge on any atom is 0.256 e. The molecule has 0 unspecified atom stereocenters. The van der Waals surface area contributed by atoms with Crippen molar-refractivity contribution in [2.24, 2.45) is 0 Å². The topological polar surface area (TPSA) is 58.8 Å². The Kier molecular flexibility index (Phi) is 4.42. The van der Waals surface area contributed by atoms with Crippen molar-refractivity contribution in [1.82, 2.24) is 9.80 Å². The predicted octanol–water partition coefficient (Wildman–Crippen LogP) is 1.83. The second-order valence-electron chi connectivity index (χ2n) is 6.37. The molecule has 0 radical (unpaired) electrons. The summed E-state index contributed by atoms with van der Waals surface area (Å²) in [6.45, 7) is 9.83. The molecule has 1 aliphatic rings. The van der Waals surface area contributed by atoms with Crippen LogP contribution in [0.3, 0.4) is 0 Å². The van der Waals surface area contributed by atoms with Gasteiger partial charge in [0, 0.05) is 31.7 Å². The lowest BCUT2D eigenvalue weighted by molar-refractivity contribution is 0.0451. The van der Waals surface area contributed by atoms with E-state index in [1.165, 1.54) is 0 Å². The maximum atomic E-state index is 12.6. The minimum Gasteiger partial charge on any atom is -0.495 e. The van der Waals surface area contributed by atoms with Gasteiger partial charge in [-0.1, -0.05) is 6.07 Å². The SMILES string of the molecule is COc1cccc(C(=O)N2CCN(C(C)(C)C)CC2)c1N. The number of carbonyl (C=O) groups is 1. The number of para-hydroxylation sites is 1. The van der Waals surface area contributed by atoms with Gasteiger partial charge in [-0.05, 0) is 32.9 Å². The van der Waals surface area contributed by atoms with Gasteiger partial charge in [-0.25, -0.2) is 0 Å². The highest BCUT2D eigenvalue weighted by molar-refractivity contribution is 6.00. The fraction of sp³-hybridized carbons (Fsp3) is 0.562. The van der Waals surface area contributed by atoms with Crippen LogP contribution < -0.4 is 10.5 Å². The number of methoxy groups -OCH3 is 1. The van der Waals surface area contributed by atoms with E-state index in [9.17, 15) is 4.79 Å². The summed E-state index contributed by atoms with van der Waals surface area (Å²) in [4.78, 5) is 16.9. The van der Waals surface area contributed by atoms with Gasteiger partial charge in [0.25, 0.3) is 5.91 Å². The van der Waals surface area contributed by atoms with Crippen LogP contribution in [0.25, 0.3) is 0 Å². The van der Waals surface area contributed by atoms with E-state index in [4.69, 9.17) is 10.5 Å². The quantitative estimate of drug-likeness (QED) is 0.845. The van der Waals surface area contributed by atoms with Crippen LogP contribution in [0, 0.1) is 0 Å². The predicted molar refractivity (Wildman–Crippen MR) is 84.6 cm³/mol. The summed E-state index contributed by atoms with van der Waals surface area (Å²) in [7, 11) is 1.56. The van der Waals surface area contributed by atoms with E-state index in [1.807, 2.05) is 4.90 Å². The Balaban J connectivity index is 2.09. The first-order chi connectivity index (χ1) is 9.84. The molecule has 0 spiro atoms. The van der Waals surface area contributed by atoms with Gasteiger partial charge in [-0.15, -0.1) is 0 Å². The Morgan fingerprint density at radius 3 is 2.33 bits per heavy atom. The van der Waals surface area contributed by atoms with Crippen molar-refractivity contribution in [1.29, 1.82) is 0 Å². The number of rotatable bonds is 2. The smallest absolute Gasteiger partial charge is 0.256 e. The first-order valence-corrected chi connectivity index (χ1v) is 7.31. The number of nitrogen functional groups attached to an aromatic ring is 1. The number of hydrogen-bond donors (Lipinski definition) is 1. The standard InChI is InChI=1S/C16H25N3O2/c1-16(2,3)19-10-8-18(9-11-19)15(20)12-6-5-7-13(21-4)14(12)17/h5-7H,8-11,17H2,1-4H3. The van der Waals surface area contributed by atoms with Crippen LogP contribution in [0.2, 0.25) is 0 Å². The minimum atomic E-state index is -0.0139. The molecule has 116 valence electrons. The van der Waals surface area contributed by atoms with Crippen LogP contribution in [0.15, 0.2) is 18.2 Å². The van der Waals surface area contributed by atoms with Crippen LogP contribution in [0.5, 0.6) is 5.75 Å². The molecule has 2 rings (SSSR count). The zero-order valence-electron chi connectivity index (χ0n) is 13.3. The second-order valence-corrected chi connectivity index (χ2v) is 6.37. The number of ether oxygens (including phenoxy) is 1. The molecule has 1 fully saturated rings. The third-order valence-corrected chi connectivity index (χ3v) is 4.03. The number of hydrogen-bond acceptors (Lipinski definition) is 4. The largest absolute Gasteiger partial charge is 0.495 e. The third-order valence-electron chi connectivity index (χ3n) is 4.03. The molecule has 5 heteroatoms. The lowest BCUT2D eigenvalue weighted by Crippen LogP contribution is -2.54. The van der Waals surface area contributed by atoms with Crippen molar-refractivity contribution in [2.45, 2.75) is 26.3 Å². The van der Waals surface area contributed by atoms with E-state index in [1.54, 1.807) is 25.3 Å². The van der Waals surface area contributed by atoms with Gasteiger partial charge >= 0.3 is 0 Å². The van der Waals surface area contributed by atoms with Crippen molar-refractivity contribution in [3.63, 3.8) is 0 Å². The molecular formula is C16H25N3O2. The molecule has 0 saturated carbocycles. The third kappa shape index (κ3) is 3.29. The highest BCUT2D eigenvalue weighted by Gasteiger charge is 2.29. The first kappa shape index (κ1) is 15.6. The minimum absolute atomic E-state index is 0.0139. The molecular weight excluding hydrogens is 266 g/mol. The highest BCUT2D eigenvalue weighted by atomic mass is 16.5. The molecule has 0 aromatic heterocycles. The van der Waals surface area contributed by atoms with Crippen LogP contribution >= 0.6 is 0 Å². The van der Waals surface area contributed by atoms with Crippen molar-refractivity contribution < 1.29 is 9.53 Å². The van der Waals surface area contributed by atoms with Crippen LogP contribution in [-0.4, -0.2) is 54.5 Å². The van der Waals surface area contributed by atoms with Gasteiger partial charge in [-0.3, -0.25) is 9.69 Å². The summed E-state index contributed by atoms with van der Waals surface area (Å²) < 4.78 is 5.18. The maximum absolute atomic E-state index is 12.6. The zero-order valence-corrected chi connectivity index (χ0v) is 13.3. The molecule has 1 aliphatic heterocycles. The van der Waals surface area contributed by atoms with Gasteiger partial charge in [0.15, 0.2) is 0 Å². The average Bonchev–Trinajstić information content (AvgIpc) is 2.46. The summed E-state index contributed by atoms with van der Waals surface area (Å²) in [6.07, 6.45) is 0. The van der Waals surface area contributed by atoms with Crippen molar-refractivity contribution in [3.05, 3.63) is 23.8 Å². The number of anilines is 1. The normalized spacial score (nSPS) is 16.9. The van der Waals surface area contributed by atoms with Gasteiger partial charge in [0.1, 0.15) is 5.75 Å². The molecule has 0 aliphatic carbocycles. The number of benzene rings is 1. The zero-order chi connectivity index (χ0) is 15.6. The van der Waals surface area contributed by atoms with Crippen LogP contribution in [0.4, 0.5) is 5.69 Å². The average molecular weight is 291 g/mol. The Labute approximate surface area is 126 Å². The Hall–Kier alpha value is -1.75. The van der Waals surface area contributed by atoms with E-state index >= 15 is 0 Å². The number of nitrogens with two attached hydrogens (primary N) is 1. The van der Waals surface area contributed by atoms with E-state index in [0.717, 1.165) is 26.2 Å². The number of nitrogens with zero attached hydrogens (tertiary/aromatic N) is 2. The summed E-state index contributed by atoms with van der Waals surface area (Å²) in [5.41, 5.74) is 7.10. The Bertz CT molecular complexity index is 515. The molecule has 21 heavy (non-hydrogen) atoms. The Morgan fingerprint density at radius 1 is 1.19 bits per heavy atom. The second kappa shape index (κ2) is 5.93. The molecule has 0 bridgehead atoms. The van der Waals surface area contributed by atoms with Gasteiger partial charge in [0.2, 0.25) is 0 Å². The Morgan fingerprint density at radius 2 is 1.81 bits per heavy atom. The fourth-order valence-electron chi connectivity index (χ4n) is 2.66. The van der Waals surface area contributed by atoms with Crippen LogP contribution in [-0.2, 0) is 0 Å².